The van der Waals surface area contributed by atoms with Gasteiger partial charge in [-0.1, -0.05) is 37.3 Å². The molecule has 2 aromatic rings. The Bertz CT molecular complexity index is 858. The summed E-state index contributed by atoms with van der Waals surface area (Å²) in [6, 6.07) is 12.6. The lowest BCUT2D eigenvalue weighted by molar-refractivity contribution is -0.145. The van der Waals surface area contributed by atoms with E-state index in [-0.39, 0.29) is 17.6 Å². The van der Waals surface area contributed by atoms with Gasteiger partial charge in [-0.2, -0.15) is 0 Å². The monoisotopic (exact) mass is 445 g/mol. The number of halogens is 2. The molecule has 1 saturated heterocycles. The molecule has 1 unspecified atom stereocenters. The number of carbonyl (C=O) groups excluding carboxylic acids is 1. The Labute approximate surface area is 189 Å². The van der Waals surface area contributed by atoms with Crippen LogP contribution in [0.5, 0.6) is 0 Å². The second-order valence-corrected chi connectivity index (χ2v) is 8.51. The smallest absolute Gasteiger partial charge is 0.306 e. The Balaban J connectivity index is 1.51. The van der Waals surface area contributed by atoms with E-state index in [4.69, 9.17) is 9.47 Å². The summed E-state index contributed by atoms with van der Waals surface area (Å²) < 4.78 is 39.0. The van der Waals surface area contributed by atoms with Crippen molar-refractivity contribution in [2.24, 2.45) is 11.8 Å². The predicted molar refractivity (Wildman–Crippen MR) is 120 cm³/mol. The van der Waals surface area contributed by atoms with Crippen LogP contribution < -0.4 is 0 Å². The SMILES string of the molecule is CCOC(=O)C[C@@H]1CCN(CCCOC(c2ccc(F)cc2)c2ccccc2F)C[C@H]1C. The highest BCUT2D eigenvalue weighted by Gasteiger charge is 2.28. The fraction of sp³-hybridized carbons (Fsp3) is 0.500. The van der Waals surface area contributed by atoms with Crippen LogP contribution in [0.25, 0.3) is 0 Å². The number of rotatable bonds is 10. The minimum atomic E-state index is -0.578. The van der Waals surface area contributed by atoms with Crippen LogP contribution in [0.4, 0.5) is 8.78 Å². The number of carbonyl (C=O) groups is 1. The van der Waals surface area contributed by atoms with Gasteiger partial charge >= 0.3 is 5.97 Å². The molecule has 1 fully saturated rings. The standard InChI is InChI=1S/C26H33F2NO3/c1-3-31-25(30)17-21-13-15-29(18-19(21)2)14-6-16-32-26(20-9-11-22(27)12-10-20)23-7-4-5-8-24(23)28/h4-5,7-12,19,21,26H,3,6,13-18H2,1-2H3/t19-,21+,26?/m1/s1. The summed E-state index contributed by atoms with van der Waals surface area (Å²) in [6.45, 7) is 7.69. The third kappa shape index (κ3) is 6.84. The summed E-state index contributed by atoms with van der Waals surface area (Å²) in [6.07, 6.45) is 1.70. The van der Waals surface area contributed by atoms with Gasteiger partial charge in [0.25, 0.3) is 0 Å². The Kier molecular flexibility index (Phi) is 9.18. The van der Waals surface area contributed by atoms with E-state index in [9.17, 15) is 13.6 Å². The molecule has 1 heterocycles. The molecule has 2 aromatic carbocycles. The zero-order valence-corrected chi connectivity index (χ0v) is 18.9. The first-order chi connectivity index (χ1) is 15.5. The normalized spacial score (nSPS) is 20.1. The molecular weight excluding hydrogens is 412 g/mol. The Hall–Kier alpha value is -2.31. The Morgan fingerprint density at radius 2 is 1.91 bits per heavy atom. The third-order valence-corrected chi connectivity index (χ3v) is 6.16. The number of ether oxygens (including phenoxy) is 2. The molecule has 0 radical (unpaired) electrons. The number of piperidine rings is 1. The van der Waals surface area contributed by atoms with Crippen molar-refractivity contribution in [2.75, 3.05) is 32.8 Å². The van der Waals surface area contributed by atoms with Crippen molar-refractivity contribution in [2.45, 2.75) is 39.2 Å². The van der Waals surface area contributed by atoms with E-state index in [1.54, 1.807) is 30.3 Å². The first-order valence-electron chi connectivity index (χ1n) is 11.5. The number of likely N-dealkylation sites (tertiary alicyclic amines) is 1. The van der Waals surface area contributed by atoms with Crippen LogP contribution in [0.3, 0.4) is 0 Å². The number of nitrogens with zero attached hydrogens (tertiary/aromatic N) is 1. The van der Waals surface area contributed by atoms with E-state index in [1.807, 2.05) is 6.92 Å². The van der Waals surface area contributed by atoms with Crippen LogP contribution in [0.2, 0.25) is 0 Å². The summed E-state index contributed by atoms with van der Waals surface area (Å²) in [5.41, 5.74) is 1.18. The highest BCUT2D eigenvalue weighted by atomic mass is 19.1. The maximum Gasteiger partial charge on any atom is 0.306 e. The molecule has 0 bridgehead atoms. The molecule has 1 aliphatic heterocycles. The molecule has 1 aliphatic rings. The third-order valence-electron chi connectivity index (χ3n) is 6.16. The summed E-state index contributed by atoms with van der Waals surface area (Å²) >= 11 is 0. The van der Waals surface area contributed by atoms with Gasteiger partial charge in [-0.15, -0.1) is 0 Å². The maximum absolute atomic E-state index is 14.4. The molecule has 0 saturated carbocycles. The van der Waals surface area contributed by atoms with Gasteiger partial charge in [0.15, 0.2) is 0 Å². The number of benzene rings is 2. The van der Waals surface area contributed by atoms with Crippen LogP contribution in [-0.4, -0.2) is 43.7 Å². The summed E-state index contributed by atoms with van der Waals surface area (Å²) in [4.78, 5) is 14.2. The fourth-order valence-electron chi connectivity index (χ4n) is 4.40. The van der Waals surface area contributed by atoms with Crippen molar-refractivity contribution in [1.82, 2.24) is 4.90 Å². The van der Waals surface area contributed by atoms with Gasteiger partial charge < -0.3 is 14.4 Å². The van der Waals surface area contributed by atoms with Gasteiger partial charge in [0, 0.05) is 31.7 Å². The van der Waals surface area contributed by atoms with Gasteiger partial charge in [0.05, 0.1) is 6.61 Å². The van der Waals surface area contributed by atoms with Gasteiger partial charge in [-0.3, -0.25) is 4.79 Å². The van der Waals surface area contributed by atoms with Gasteiger partial charge in [-0.25, -0.2) is 8.78 Å². The first-order valence-corrected chi connectivity index (χ1v) is 11.5. The lowest BCUT2D eigenvalue weighted by atomic mass is 9.84. The molecule has 4 nitrogen and oxygen atoms in total. The minimum absolute atomic E-state index is 0.105. The lowest BCUT2D eigenvalue weighted by Crippen LogP contribution is -2.40. The number of esters is 1. The van der Waals surface area contributed by atoms with Gasteiger partial charge in [0.1, 0.15) is 17.7 Å². The van der Waals surface area contributed by atoms with Crippen LogP contribution in [-0.2, 0) is 14.3 Å². The molecule has 174 valence electrons. The molecule has 0 aliphatic carbocycles. The second kappa shape index (κ2) is 12.1. The largest absolute Gasteiger partial charge is 0.466 e. The molecule has 0 spiro atoms. The fourth-order valence-corrected chi connectivity index (χ4v) is 4.40. The van der Waals surface area contributed by atoms with E-state index >= 15 is 0 Å². The molecule has 32 heavy (non-hydrogen) atoms. The summed E-state index contributed by atoms with van der Waals surface area (Å²) in [7, 11) is 0. The van der Waals surface area contributed by atoms with Crippen molar-refractivity contribution in [3.63, 3.8) is 0 Å². The van der Waals surface area contributed by atoms with Gasteiger partial charge in [-0.05, 0) is 61.9 Å². The molecule has 6 heteroatoms. The topological polar surface area (TPSA) is 38.8 Å². The molecule has 0 aromatic heterocycles. The van der Waals surface area contributed by atoms with Crippen molar-refractivity contribution in [3.05, 3.63) is 71.3 Å². The van der Waals surface area contributed by atoms with Crippen molar-refractivity contribution in [3.8, 4) is 0 Å². The molecule has 0 amide bonds. The van der Waals surface area contributed by atoms with E-state index in [2.05, 4.69) is 11.8 Å². The molecule has 3 atom stereocenters. The molecule has 3 rings (SSSR count). The highest BCUT2D eigenvalue weighted by Crippen LogP contribution is 2.29. The average molecular weight is 446 g/mol. The van der Waals surface area contributed by atoms with Crippen molar-refractivity contribution in [1.29, 1.82) is 0 Å². The van der Waals surface area contributed by atoms with Crippen molar-refractivity contribution >= 4 is 5.97 Å². The molecule has 0 N–H and O–H groups in total. The summed E-state index contributed by atoms with van der Waals surface area (Å²) in [5.74, 6) is 0.0249. The minimum Gasteiger partial charge on any atom is -0.466 e. The van der Waals surface area contributed by atoms with Crippen LogP contribution in [0.15, 0.2) is 48.5 Å². The van der Waals surface area contributed by atoms with Crippen LogP contribution in [0.1, 0.15) is 50.3 Å². The maximum atomic E-state index is 14.4. The summed E-state index contributed by atoms with van der Waals surface area (Å²) in [5, 5.41) is 0. The number of hydrogen-bond acceptors (Lipinski definition) is 4. The quantitative estimate of drug-likeness (QED) is 0.364. The Morgan fingerprint density at radius 3 is 2.59 bits per heavy atom. The average Bonchev–Trinajstić information content (AvgIpc) is 2.77. The van der Waals surface area contributed by atoms with E-state index < -0.39 is 6.10 Å². The van der Waals surface area contributed by atoms with E-state index in [0.717, 1.165) is 38.0 Å². The van der Waals surface area contributed by atoms with Crippen molar-refractivity contribution < 1.29 is 23.0 Å². The highest BCUT2D eigenvalue weighted by molar-refractivity contribution is 5.69. The predicted octanol–water partition coefficient (Wildman–Crippen LogP) is 5.37. The first kappa shape index (κ1) is 24.3. The van der Waals surface area contributed by atoms with Crippen LogP contribution in [0, 0.1) is 23.5 Å². The molecular formula is C26H33F2NO3. The number of hydrogen-bond donors (Lipinski definition) is 0. The second-order valence-electron chi connectivity index (χ2n) is 8.51. The zero-order valence-electron chi connectivity index (χ0n) is 18.9. The van der Waals surface area contributed by atoms with Gasteiger partial charge in [0.2, 0.25) is 0 Å². The zero-order chi connectivity index (χ0) is 22.9. The van der Waals surface area contributed by atoms with E-state index in [1.165, 1.54) is 18.2 Å². The Morgan fingerprint density at radius 1 is 1.16 bits per heavy atom. The van der Waals surface area contributed by atoms with Crippen LogP contribution >= 0.6 is 0 Å². The van der Waals surface area contributed by atoms with E-state index in [0.29, 0.717) is 37.0 Å². The lowest BCUT2D eigenvalue weighted by Gasteiger charge is -2.36.